The van der Waals surface area contributed by atoms with Gasteiger partial charge in [0.05, 0.1) is 52.2 Å². The Bertz CT molecular complexity index is 1850. The van der Waals surface area contributed by atoms with Crippen molar-refractivity contribution in [1.29, 1.82) is 5.26 Å². The number of alkyl halides is 3. The van der Waals surface area contributed by atoms with Crippen LogP contribution in [0.15, 0.2) is 60.7 Å². The van der Waals surface area contributed by atoms with Gasteiger partial charge in [0.1, 0.15) is 27.3 Å². The first kappa shape index (κ1) is 31.1. The molecule has 1 aliphatic heterocycles. The Hall–Kier alpha value is -4.31. The van der Waals surface area contributed by atoms with E-state index in [9.17, 15) is 40.4 Å². The molecule has 1 atom stereocenters. The summed E-state index contributed by atoms with van der Waals surface area (Å²) >= 11 is 0. The Kier molecular flexibility index (Phi) is 8.49. The first-order chi connectivity index (χ1) is 20.8. The number of halogens is 5. The van der Waals surface area contributed by atoms with Crippen LogP contribution < -0.4 is 0 Å². The zero-order valence-corrected chi connectivity index (χ0v) is 24.3. The third kappa shape index (κ3) is 6.60. The molecule has 1 fully saturated rings. The summed E-state index contributed by atoms with van der Waals surface area (Å²) in [5.74, 6) is -2.56. The van der Waals surface area contributed by atoms with Crippen molar-refractivity contribution in [2.24, 2.45) is 5.92 Å². The van der Waals surface area contributed by atoms with Gasteiger partial charge in [0.25, 0.3) is 0 Å². The summed E-state index contributed by atoms with van der Waals surface area (Å²) in [6, 6.07) is 14.2. The van der Waals surface area contributed by atoms with Gasteiger partial charge >= 0.3 is 6.18 Å². The summed E-state index contributed by atoms with van der Waals surface area (Å²) in [5.41, 5.74) is 0.257. The van der Waals surface area contributed by atoms with Crippen molar-refractivity contribution in [2.75, 3.05) is 18.1 Å². The minimum atomic E-state index is -4.95. The monoisotopic (exact) mass is 630 g/mol. The number of fused-ring (bicyclic) bond motifs is 1. The minimum Gasteiger partial charge on any atom is -0.332 e. The summed E-state index contributed by atoms with van der Waals surface area (Å²) in [6.45, 7) is 1.77. The number of hydrogen-bond acceptors (Lipinski definition) is 5. The van der Waals surface area contributed by atoms with Crippen molar-refractivity contribution < 1.29 is 35.2 Å². The van der Waals surface area contributed by atoms with Crippen molar-refractivity contribution in [3.63, 3.8) is 0 Å². The van der Waals surface area contributed by atoms with Gasteiger partial charge < -0.3 is 4.90 Å². The van der Waals surface area contributed by atoms with Crippen molar-refractivity contribution in [3.05, 3.63) is 94.8 Å². The maximum absolute atomic E-state index is 14.2. The molecule has 3 aromatic carbocycles. The van der Waals surface area contributed by atoms with Gasteiger partial charge in [-0.1, -0.05) is 6.07 Å². The highest BCUT2D eigenvalue weighted by Crippen LogP contribution is 2.34. The van der Waals surface area contributed by atoms with Crippen LogP contribution in [0.25, 0.3) is 16.7 Å². The molecule has 0 aliphatic carbocycles. The third-order valence-corrected chi connectivity index (χ3v) is 9.59. The van der Waals surface area contributed by atoms with Crippen LogP contribution in [-0.4, -0.2) is 46.8 Å². The van der Waals surface area contributed by atoms with Gasteiger partial charge in [0, 0.05) is 18.3 Å². The van der Waals surface area contributed by atoms with Crippen LogP contribution in [0.5, 0.6) is 0 Å². The number of nitriles is 1. The van der Waals surface area contributed by atoms with E-state index >= 15 is 0 Å². The third-order valence-electron chi connectivity index (χ3n) is 7.88. The Balaban J connectivity index is 1.57. The molecule has 1 aromatic heterocycles. The lowest BCUT2D eigenvalue weighted by Gasteiger charge is -2.34. The molecule has 2 heterocycles. The molecule has 13 heteroatoms. The van der Waals surface area contributed by atoms with E-state index in [0.29, 0.717) is 53.1 Å². The molecule has 1 saturated heterocycles. The lowest BCUT2D eigenvalue weighted by Crippen LogP contribution is -2.41. The number of nitrogens with zero attached hydrogens (tertiary/aromatic N) is 4. The summed E-state index contributed by atoms with van der Waals surface area (Å²) in [5, 5.41) is 9.25. The van der Waals surface area contributed by atoms with Crippen LogP contribution in [0.4, 0.5) is 22.0 Å². The van der Waals surface area contributed by atoms with E-state index in [1.165, 1.54) is 23.1 Å². The number of imidazole rings is 1. The lowest BCUT2D eigenvalue weighted by atomic mass is 10.00. The Morgan fingerprint density at radius 1 is 1.07 bits per heavy atom. The topological polar surface area (TPSA) is 96.1 Å². The number of sulfone groups is 1. The Morgan fingerprint density at radius 2 is 1.75 bits per heavy atom. The predicted octanol–water partition coefficient (Wildman–Crippen LogP) is 6.15. The molecular weight excluding hydrogens is 603 g/mol. The predicted molar refractivity (Wildman–Crippen MR) is 152 cm³/mol. The second-order valence-electron chi connectivity index (χ2n) is 10.9. The quantitative estimate of drug-likeness (QED) is 0.228. The Morgan fingerprint density at radius 3 is 2.39 bits per heavy atom. The highest BCUT2D eigenvalue weighted by atomic mass is 32.2. The fraction of sp³-hybridized carbons (Fsp3) is 0.323. The fourth-order valence-electron chi connectivity index (χ4n) is 5.50. The first-order valence-corrected chi connectivity index (χ1v) is 15.6. The van der Waals surface area contributed by atoms with Crippen LogP contribution in [0, 0.1) is 28.9 Å². The standard InChI is InChI=1S/C31H27F5N4O3S/c1-19(30-38-27-16-23(32)5-9-28(27)40(30)24-6-2-20(17-37)3-7-24)39(18-21-10-12-44(42,43)13-11-21)29(41)15-22-4-8-26(33)25(14-22)31(34,35)36/h2-9,14,16,19,21H,10-13,15,18H2,1H3/t19-/m1/s1. The van der Waals surface area contributed by atoms with E-state index in [2.05, 4.69) is 4.98 Å². The van der Waals surface area contributed by atoms with Gasteiger partial charge in [-0.25, -0.2) is 22.2 Å². The van der Waals surface area contributed by atoms with Crippen LogP contribution in [-0.2, 0) is 27.2 Å². The van der Waals surface area contributed by atoms with E-state index in [0.717, 1.165) is 6.07 Å². The van der Waals surface area contributed by atoms with Gasteiger partial charge in [0.15, 0.2) is 0 Å². The molecule has 1 aliphatic rings. The highest BCUT2D eigenvalue weighted by Gasteiger charge is 2.35. The fourth-order valence-corrected chi connectivity index (χ4v) is 7.09. The molecule has 0 bridgehead atoms. The van der Waals surface area contributed by atoms with Crippen molar-refractivity contribution in [1.82, 2.24) is 14.5 Å². The Labute approximate surface area is 250 Å². The van der Waals surface area contributed by atoms with Crippen molar-refractivity contribution in [3.8, 4) is 11.8 Å². The van der Waals surface area contributed by atoms with E-state index in [1.54, 1.807) is 35.8 Å². The zero-order chi connectivity index (χ0) is 31.8. The minimum absolute atomic E-state index is 0.0465. The molecule has 0 unspecified atom stereocenters. The van der Waals surface area contributed by atoms with E-state index in [-0.39, 0.29) is 29.5 Å². The maximum Gasteiger partial charge on any atom is 0.419 e. The van der Waals surface area contributed by atoms with Gasteiger partial charge in [-0.3, -0.25) is 9.36 Å². The molecule has 5 rings (SSSR count). The molecule has 1 amide bonds. The maximum atomic E-state index is 14.2. The van der Waals surface area contributed by atoms with E-state index in [1.807, 2.05) is 6.07 Å². The van der Waals surface area contributed by atoms with E-state index in [4.69, 9.17) is 0 Å². The highest BCUT2D eigenvalue weighted by molar-refractivity contribution is 7.91. The normalized spacial score (nSPS) is 16.0. The van der Waals surface area contributed by atoms with Gasteiger partial charge in [-0.15, -0.1) is 0 Å². The van der Waals surface area contributed by atoms with Gasteiger partial charge in [-0.05, 0) is 79.8 Å². The van der Waals surface area contributed by atoms with Crippen LogP contribution in [0.2, 0.25) is 0 Å². The smallest absolute Gasteiger partial charge is 0.332 e. The first-order valence-electron chi connectivity index (χ1n) is 13.8. The second-order valence-corrected chi connectivity index (χ2v) is 13.2. The number of rotatable bonds is 7. The molecule has 44 heavy (non-hydrogen) atoms. The van der Waals surface area contributed by atoms with Gasteiger partial charge in [0.2, 0.25) is 5.91 Å². The number of hydrogen-bond donors (Lipinski definition) is 0. The second kappa shape index (κ2) is 12.0. The molecule has 0 N–H and O–H groups in total. The molecule has 230 valence electrons. The molecule has 0 radical (unpaired) electrons. The lowest BCUT2D eigenvalue weighted by molar-refractivity contribution is -0.140. The molecule has 7 nitrogen and oxygen atoms in total. The number of benzene rings is 3. The summed E-state index contributed by atoms with van der Waals surface area (Å²) in [4.78, 5) is 20.0. The van der Waals surface area contributed by atoms with Crippen LogP contribution in [0.1, 0.15) is 48.3 Å². The van der Waals surface area contributed by atoms with Crippen LogP contribution >= 0.6 is 0 Å². The number of carbonyl (C=O) groups excluding carboxylic acids is 1. The van der Waals surface area contributed by atoms with E-state index < -0.39 is 51.6 Å². The molecule has 0 saturated carbocycles. The van der Waals surface area contributed by atoms with Gasteiger partial charge in [-0.2, -0.15) is 18.4 Å². The zero-order valence-electron chi connectivity index (χ0n) is 23.5. The van der Waals surface area contributed by atoms with Crippen LogP contribution in [0.3, 0.4) is 0 Å². The number of amides is 1. The SMILES string of the molecule is C[C@H](c1nc2cc(F)ccc2n1-c1ccc(C#N)cc1)N(CC1CCS(=O)(=O)CC1)C(=O)Cc1ccc(F)c(C(F)(F)F)c1. The summed E-state index contributed by atoms with van der Waals surface area (Å²) in [7, 11) is -3.21. The number of aromatic nitrogens is 2. The summed E-state index contributed by atoms with van der Waals surface area (Å²) < 4.78 is 94.2. The number of carbonyl (C=O) groups is 1. The summed E-state index contributed by atoms with van der Waals surface area (Å²) in [6.07, 6.45) is -4.84. The average Bonchev–Trinajstić information content (AvgIpc) is 3.35. The van der Waals surface area contributed by atoms with Crippen molar-refractivity contribution in [2.45, 2.75) is 38.4 Å². The molecule has 4 aromatic rings. The molecule has 0 spiro atoms. The molecular formula is C31H27F5N4O3S. The van der Waals surface area contributed by atoms with Crippen molar-refractivity contribution >= 4 is 26.8 Å². The largest absolute Gasteiger partial charge is 0.419 e. The average molecular weight is 631 g/mol.